The van der Waals surface area contributed by atoms with Crippen LogP contribution >= 0.6 is 0 Å². The predicted molar refractivity (Wildman–Crippen MR) is 77.8 cm³/mol. The Bertz CT molecular complexity index is 432. The Morgan fingerprint density at radius 2 is 1.70 bits per heavy atom. The van der Waals surface area contributed by atoms with Crippen LogP contribution < -0.4 is 15.5 Å². The zero-order chi connectivity index (χ0) is 14.5. The van der Waals surface area contributed by atoms with Crippen LogP contribution in [0, 0.1) is 0 Å². The molecule has 1 aromatic heterocycles. The third kappa shape index (κ3) is 4.17. The minimum atomic E-state index is 0.0265. The highest BCUT2D eigenvalue weighted by Gasteiger charge is 2.16. The van der Waals surface area contributed by atoms with Gasteiger partial charge in [0.1, 0.15) is 0 Å². The van der Waals surface area contributed by atoms with E-state index in [1.54, 1.807) is 7.05 Å². The molecular weight excluding hydrogens is 258 g/mol. The minimum Gasteiger partial charge on any atom is -0.461 e. The maximum Gasteiger partial charge on any atom is 0.323 e. The maximum absolute atomic E-state index is 5.53. The van der Waals surface area contributed by atoms with Crippen molar-refractivity contribution in [2.45, 2.75) is 20.0 Å². The van der Waals surface area contributed by atoms with Crippen molar-refractivity contribution < 1.29 is 4.74 Å². The van der Waals surface area contributed by atoms with Crippen molar-refractivity contribution >= 4 is 11.9 Å². The molecule has 8 heteroatoms. The number of hydrogen-bond donors (Lipinski definition) is 2. The van der Waals surface area contributed by atoms with Gasteiger partial charge in [0, 0.05) is 33.2 Å². The van der Waals surface area contributed by atoms with E-state index in [0.717, 1.165) is 26.2 Å². The number of piperazine rings is 1. The molecule has 1 saturated heterocycles. The molecule has 0 unspecified atom stereocenters. The third-order valence-corrected chi connectivity index (χ3v) is 2.94. The van der Waals surface area contributed by atoms with Crippen molar-refractivity contribution in [1.82, 2.24) is 24.9 Å². The molecule has 1 aromatic rings. The van der Waals surface area contributed by atoms with Gasteiger partial charge in [0.2, 0.25) is 11.9 Å². The summed E-state index contributed by atoms with van der Waals surface area (Å²) in [7, 11) is 3.89. The fourth-order valence-corrected chi connectivity index (χ4v) is 1.84. The smallest absolute Gasteiger partial charge is 0.323 e. The second-order valence-electron chi connectivity index (χ2n) is 5.08. The van der Waals surface area contributed by atoms with Crippen molar-refractivity contribution in [2.24, 2.45) is 0 Å². The molecule has 112 valence electrons. The van der Waals surface area contributed by atoms with Crippen molar-refractivity contribution in [3.63, 3.8) is 0 Å². The summed E-state index contributed by atoms with van der Waals surface area (Å²) >= 11 is 0. The molecule has 0 atom stereocenters. The van der Waals surface area contributed by atoms with E-state index in [2.05, 4.69) is 42.7 Å². The van der Waals surface area contributed by atoms with E-state index < -0.39 is 0 Å². The summed E-state index contributed by atoms with van der Waals surface area (Å²) in [5.41, 5.74) is 3.21. The fourth-order valence-electron chi connectivity index (χ4n) is 1.84. The van der Waals surface area contributed by atoms with Gasteiger partial charge in [-0.3, -0.25) is 5.43 Å². The van der Waals surface area contributed by atoms with Crippen LogP contribution in [-0.4, -0.2) is 71.2 Å². The van der Waals surface area contributed by atoms with Crippen LogP contribution in [0.4, 0.5) is 11.9 Å². The van der Waals surface area contributed by atoms with Crippen LogP contribution in [0.25, 0.3) is 0 Å². The second kappa shape index (κ2) is 6.67. The molecule has 2 rings (SSSR count). The zero-order valence-corrected chi connectivity index (χ0v) is 12.6. The summed E-state index contributed by atoms with van der Waals surface area (Å²) in [4.78, 5) is 15.0. The topological polar surface area (TPSA) is 78.4 Å². The van der Waals surface area contributed by atoms with E-state index in [1.807, 2.05) is 13.8 Å². The molecule has 1 aliphatic heterocycles. The van der Waals surface area contributed by atoms with Gasteiger partial charge >= 0.3 is 6.01 Å². The molecule has 0 spiro atoms. The summed E-state index contributed by atoms with van der Waals surface area (Å²) in [6.07, 6.45) is 0.0265. The van der Waals surface area contributed by atoms with Gasteiger partial charge in [-0.25, -0.2) is 5.01 Å². The Balaban J connectivity index is 2.06. The SMILES string of the molecule is CNc1nc(NN2CCN(C)CC2)nc(OC(C)C)n1. The predicted octanol–water partition coefficient (Wildman–Crippen LogP) is 0.275. The maximum atomic E-state index is 5.53. The Hall–Kier alpha value is -1.67. The van der Waals surface area contributed by atoms with Gasteiger partial charge in [-0.1, -0.05) is 0 Å². The summed E-state index contributed by atoms with van der Waals surface area (Å²) in [6, 6.07) is 0.330. The molecule has 2 N–H and O–H groups in total. The molecule has 2 heterocycles. The van der Waals surface area contributed by atoms with Crippen LogP contribution in [0.2, 0.25) is 0 Å². The first kappa shape index (κ1) is 14.7. The number of rotatable bonds is 5. The van der Waals surface area contributed by atoms with Crippen LogP contribution in [0.15, 0.2) is 0 Å². The van der Waals surface area contributed by atoms with Crippen molar-refractivity contribution in [1.29, 1.82) is 0 Å². The van der Waals surface area contributed by atoms with Gasteiger partial charge in [0.15, 0.2) is 0 Å². The number of nitrogens with one attached hydrogen (secondary N) is 2. The Kier molecular flexibility index (Phi) is 4.91. The van der Waals surface area contributed by atoms with Gasteiger partial charge in [-0.2, -0.15) is 15.0 Å². The number of hydrazine groups is 1. The summed E-state index contributed by atoms with van der Waals surface area (Å²) in [5, 5.41) is 5.02. The normalized spacial score (nSPS) is 17.2. The average Bonchev–Trinajstić information content (AvgIpc) is 2.40. The molecular formula is C12H23N7O. The van der Waals surface area contributed by atoms with Gasteiger partial charge in [-0.05, 0) is 20.9 Å². The first-order chi connectivity index (χ1) is 9.56. The number of nitrogens with zero attached hydrogens (tertiary/aromatic N) is 5. The molecule has 0 amide bonds. The number of anilines is 2. The average molecular weight is 281 g/mol. The lowest BCUT2D eigenvalue weighted by Gasteiger charge is -2.32. The highest BCUT2D eigenvalue weighted by molar-refractivity contribution is 5.34. The summed E-state index contributed by atoms with van der Waals surface area (Å²) in [5.74, 6) is 0.997. The largest absolute Gasteiger partial charge is 0.461 e. The van der Waals surface area contributed by atoms with Crippen LogP contribution in [0.3, 0.4) is 0 Å². The van der Waals surface area contributed by atoms with Gasteiger partial charge in [0.05, 0.1) is 6.10 Å². The van der Waals surface area contributed by atoms with Crippen molar-refractivity contribution in [3.8, 4) is 6.01 Å². The van der Waals surface area contributed by atoms with Gasteiger partial charge < -0.3 is 15.0 Å². The monoisotopic (exact) mass is 281 g/mol. The van der Waals surface area contributed by atoms with Crippen molar-refractivity contribution in [3.05, 3.63) is 0 Å². The first-order valence-corrected chi connectivity index (χ1v) is 6.87. The standard InChI is InChI=1S/C12H23N7O/c1-9(2)20-12-15-10(13-3)14-11(16-12)17-19-7-5-18(4)6-8-19/h9H,5-8H2,1-4H3,(H2,13,14,15,16,17). The highest BCUT2D eigenvalue weighted by atomic mass is 16.5. The Morgan fingerprint density at radius 3 is 2.30 bits per heavy atom. The van der Waals surface area contributed by atoms with E-state index in [0.29, 0.717) is 17.9 Å². The van der Waals surface area contributed by atoms with Crippen LogP contribution in [-0.2, 0) is 0 Å². The quantitative estimate of drug-likeness (QED) is 0.796. The molecule has 20 heavy (non-hydrogen) atoms. The molecule has 0 saturated carbocycles. The second-order valence-corrected chi connectivity index (χ2v) is 5.08. The number of aromatic nitrogens is 3. The molecule has 0 aromatic carbocycles. The van der Waals surface area contributed by atoms with E-state index in [9.17, 15) is 0 Å². The van der Waals surface area contributed by atoms with E-state index >= 15 is 0 Å². The molecule has 0 radical (unpaired) electrons. The highest BCUT2D eigenvalue weighted by Crippen LogP contribution is 2.13. The molecule has 1 aliphatic rings. The first-order valence-electron chi connectivity index (χ1n) is 6.87. The molecule has 0 aliphatic carbocycles. The van der Waals surface area contributed by atoms with Crippen LogP contribution in [0.1, 0.15) is 13.8 Å². The number of likely N-dealkylation sites (N-methyl/N-ethyl adjacent to an activating group) is 1. The van der Waals surface area contributed by atoms with Gasteiger partial charge in [0.25, 0.3) is 0 Å². The Labute approximate surface area is 119 Å². The summed E-state index contributed by atoms with van der Waals surface area (Å²) in [6.45, 7) is 7.78. The van der Waals surface area contributed by atoms with E-state index in [4.69, 9.17) is 4.74 Å². The number of hydrogen-bond acceptors (Lipinski definition) is 8. The van der Waals surface area contributed by atoms with Gasteiger partial charge in [-0.15, -0.1) is 0 Å². The van der Waals surface area contributed by atoms with E-state index in [1.165, 1.54) is 0 Å². The molecule has 0 bridgehead atoms. The summed E-state index contributed by atoms with van der Waals surface area (Å²) < 4.78 is 5.53. The molecule has 1 fully saturated rings. The van der Waals surface area contributed by atoms with Crippen LogP contribution in [0.5, 0.6) is 6.01 Å². The van der Waals surface area contributed by atoms with E-state index in [-0.39, 0.29) is 6.10 Å². The lowest BCUT2D eigenvalue weighted by Crippen LogP contribution is -2.47. The Morgan fingerprint density at radius 1 is 1.05 bits per heavy atom. The minimum absolute atomic E-state index is 0.0265. The zero-order valence-electron chi connectivity index (χ0n) is 12.6. The third-order valence-electron chi connectivity index (χ3n) is 2.94. The molecule has 8 nitrogen and oxygen atoms in total. The number of ether oxygens (including phenoxy) is 1. The lowest BCUT2D eigenvalue weighted by atomic mass is 10.4. The van der Waals surface area contributed by atoms with Crippen molar-refractivity contribution in [2.75, 3.05) is 51.0 Å². The fraction of sp³-hybridized carbons (Fsp3) is 0.750. The lowest BCUT2D eigenvalue weighted by molar-refractivity contribution is 0.177.